The van der Waals surface area contributed by atoms with Crippen LogP contribution >= 0.6 is 0 Å². The van der Waals surface area contributed by atoms with Gasteiger partial charge in [0.25, 0.3) is 0 Å². The maximum atomic E-state index is 3.66. The summed E-state index contributed by atoms with van der Waals surface area (Å²) < 4.78 is 0. The highest BCUT2D eigenvalue weighted by atomic mass is 15.2. The van der Waals surface area contributed by atoms with E-state index in [1.807, 2.05) is 0 Å². The van der Waals surface area contributed by atoms with Gasteiger partial charge in [0.05, 0.1) is 0 Å². The van der Waals surface area contributed by atoms with E-state index >= 15 is 0 Å². The fourth-order valence-electron chi connectivity index (χ4n) is 3.45. The number of nitrogens with zero attached hydrogens (tertiary/aromatic N) is 1. The molecule has 1 atom stereocenters. The van der Waals surface area contributed by atoms with Crippen molar-refractivity contribution in [3.8, 4) is 0 Å². The zero-order chi connectivity index (χ0) is 13.2. The molecule has 1 unspecified atom stereocenters. The molecule has 2 fully saturated rings. The molecule has 2 nitrogen and oxygen atoms in total. The van der Waals surface area contributed by atoms with Crippen LogP contribution in [0.25, 0.3) is 0 Å². The molecule has 0 spiro atoms. The van der Waals surface area contributed by atoms with Crippen LogP contribution in [0.4, 0.5) is 0 Å². The van der Waals surface area contributed by atoms with E-state index in [0.717, 1.165) is 5.92 Å². The Kier molecular flexibility index (Phi) is 4.38. The molecule has 1 N–H and O–H groups in total. The van der Waals surface area contributed by atoms with Gasteiger partial charge in [0.15, 0.2) is 0 Å². The molecule has 0 bridgehead atoms. The van der Waals surface area contributed by atoms with Crippen molar-refractivity contribution in [1.29, 1.82) is 0 Å². The van der Waals surface area contributed by atoms with Crippen LogP contribution in [-0.4, -0.2) is 36.6 Å². The summed E-state index contributed by atoms with van der Waals surface area (Å²) in [5, 5.41) is 3.66. The van der Waals surface area contributed by atoms with Gasteiger partial charge in [-0.1, -0.05) is 13.3 Å². The Balaban J connectivity index is 1.71. The summed E-state index contributed by atoms with van der Waals surface area (Å²) in [6.45, 7) is 14.4. The Bertz CT molecular complexity index is 257. The number of likely N-dealkylation sites (tertiary alicyclic amines) is 1. The van der Waals surface area contributed by atoms with Crippen molar-refractivity contribution in [3.05, 3.63) is 0 Å². The average molecular weight is 252 g/mol. The zero-order valence-corrected chi connectivity index (χ0v) is 12.9. The zero-order valence-electron chi connectivity index (χ0n) is 12.9. The van der Waals surface area contributed by atoms with E-state index in [0.29, 0.717) is 5.41 Å². The molecule has 1 saturated heterocycles. The SMILES string of the molecule is CCC1(CN2CCC(CNC(C)(C)C)C2)CCC1. The number of rotatable bonds is 5. The quantitative estimate of drug-likeness (QED) is 0.808. The topological polar surface area (TPSA) is 15.3 Å². The second kappa shape index (κ2) is 5.50. The van der Waals surface area contributed by atoms with Crippen molar-refractivity contribution in [2.75, 3.05) is 26.2 Å². The highest BCUT2D eigenvalue weighted by molar-refractivity contribution is 4.91. The van der Waals surface area contributed by atoms with E-state index in [2.05, 4.69) is 37.9 Å². The number of hydrogen-bond acceptors (Lipinski definition) is 2. The first-order valence-corrected chi connectivity index (χ1v) is 7.90. The first kappa shape index (κ1) is 14.3. The van der Waals surface area contributed by atoms with E-state index in [9.17, 15) is 0 Å². The molecule has 2 rings (SSSR count). The molecule has 2 aliphatic rings. The largest absolute Gasteiger partial charge is 0.312 e. The van der Waals surface area contributed by atoms with Gasteiger partial charge in [0.2, 0.25) is 0 Å². The van der Waals surface area contributed by atoms with Crippen LogP contribution in [0.5, 0.6) is 0 Å². The van der Waals surface area contributed by atoms with Gasteiger partial charge < -0.3 is 10.2 Å². The van der Waals surface area contributed by atoms with Crippen molar-refractivity contribution in [2.24, 2.45) is 11.3 Å². The lowest BCUT2D eigenvalue weighted by atomic mass is 9.67. The standard InChI is InChI=1S/C16H32N2/c1-5-16(8-6-9-16)13-18-10-7-14(12-18)11-17-15(2,3)4/h14,17H,5-13H2,1-4H3. The fraction of sp³-hybridized carbons (Fsp3) is 1.00. The molecular formula is C16H32N2. The molecule has 0 aromatic carbocycles. The van der Waals surface area contributed by atoms with E-state index in [4.69, 9.17) is 0 Å². The van der Waals surface area contributed by atoms with Crippen LogP contribution in [-0.2, 0) is 0 Å². The van der Waals surface area contributed by atoms with Crippen LogP contribution in [0, 0.1) is 11.3 Å². The van der Waals surface area contributed by atoms with E-state index in [1.165, 1.54) is 58.3 Å². The Labute approximate surface area is 114 Å². The minimum Gasteiger partial charge on any atom is -0.312 e. The van der Waals surface area contributed by atoms with Crippen LogP contribution in [0.15, 0.2) is 0 Å². The molecule has 1 aliphatic heterocycles. The van der Waals surface area contributed by atoms with Crippen molar-refractivity contribution in [1.82, 2.24) is 10.2 Å². The average Bonchev–Trinajstić information content (AvgIpc) is 2.67. The van der Waals surface area contributed by atoms with Gasteiger partial charge in [-0.25, -0.2) is 0 Å². The summed E-state index contributed by atoms with van der Waals surface area (Å²) in [4.78, 5) is 2.73. The third kappa shape index (κ3) is 3.71. The molecule has 106 valence electrons. The number of hydrogen-bond donors (Lipinski definition) is 1. The van der Waals surface area contributed by atoms with Gasteiger partial charge in [-0.05, 0) is 70.9 Å². The summed E-state index contributed by atoms with van der Waals surface area (Å²) in [5.41, 5.74) is 0.971. The second-order valence-electron chi connectivity index (χ2n) is 7.73. The predicted molar refractivity (Wildman–Crippen MR) is 78.9 cm³/mol. The lowest BCUT2D eigenvalue weighted by molar-refractivity contribution is 0.0714. The Morgan fingerprint density at radius 3 is 2.50 bits per heavy atom. The summed E-state index contributed by atoms with van der Waals surface area (Å²) in [7, 11) is 0. The third-order valence-corrected chi connectivity index (χ3v) is 5.01. The fourth-order valence-corrected chi connectivity index (χ4v) is 3.45. The summed E-state index contributed by atoms with van der Waals surface area (Å²) in [5.74, 6) is 0.873. The third-order valence-electron chi connectivity index (χ3n) is 5.01. The van der Waals surface area contributed by atoms with Crippen LogP contribution in [0.2, 0.25) is 0 Å². The summed E-state index contributed by atoms with van der Waals surface area (Å²) in [6.07, 6.45) is 7.20. The first-order valence-electron chi connectivity index (χ1n) is 7.90. The van der Waals surface area contributed by atoms with Gasteiger partial charge in [-0.3, -0.25) is 0 Å². The smallest absolute Gasteiger partial charge is 0.00966 e. The predicted octanol–water partition coefficient (Wildman–Crippen LogP) is 3.28. The Morgan fingerprint density at radius 1 is 1.28 bits per heavy atom. The molecule has 2 heteroatoms. The first-order chi connectivity index (χ1) is 8.42. The van der Waals surface area contributed by atoms with Gasteiger partial charge in [0, 0.05) is 18.6 Å². The second-order valence-corrected chi connectivity index (χ2v) is 7.73. The summed E-state index contributed by atoms with van der Waals surface area (Å²) >= 11 is 0. The van der Waals surface area contributed by atoms with Crippen LogP contribution < -0.4 is 5.32 Å². The molecule has 0 radical (unpaired) electrons. The lowest BCUT2D eigenvalue weighted by Crippen LogP contribution is -2.42. The van der Waals surface area contributed by atoms with Gasteiger partial charge >= 0.3 is 0 Å². The van der Waals surface area contributed by atoms with Gasteiger partial charge in [-0.2, -0.15) is 0 Å². The molecule has 1 saturated carbocycles. The van der Waals surface area contributed by atoms with Crippen molar-refractivity contribution in [3.63, 3.8) is 0 Å². The van der Waals surface area contributed by atoms with Gasteiger partial charge in [-0.15, -0.1) is 0 Å². The monoisotopic (exact) mass is 252 g/mol. The molecular weight excluding hydrogens is 220 g/mol. The highest BCUT2D eigenvalue weighted by Gasteiger charge is 2.38. The molecule has 1 heterocycles. The van der Waals surface area contributed by atoms with E-state index in [1.54, 1.807) is 0 Å². The van der Waals surface area contributed by atoms with Gasteiger partial charge in [0.1, 0.15) is 0 Å². The van der Waals surface area contributed by atoms with Crippen molar-refractivity contribution < 1.29 is 0 Å². The molecule has 1 aliphatic carbocycles. The van der Waals surface area contributed by atoms with Crippen molar-refractivity contribution in [2.45, 2.75) is 65.3 Å². The minimum absolute atomic E-state index is 0.270. The van der Waals surface area contributed by atoms with E-state index < -0.39 is 0 Å². The number of nitrogens with one attached hydrogen (secondary N) is 1. The Hall–Kier alpha value is -0.0800. The lowest BCUT2D eigenvalue weighted by Gasteiger charge is -2.44. The molecule has 18 heavy (non-hydrogen) atoms. The van der Waals surface area contributed by atoms with Crippen LogP contribution in [0.1, 0.15) is 59.8 Å². The molecule has 0 aromatic rings. The van der Waals surface area contributed by atoms with Crippen LogP contribution in [0.3, 0.4) is 0 Å². The maximum absolute atomic E-state index is 3.66. The molecule has 0 aromatic heterocycles. The maximum Gasteiger partial charge on any atom is 0.00966 e. The summed E-state index contributed by atoms with van der Waals surface area (Å²) in [6, 6.07) is 0. The normalized spacial score (nSPS) is 28.3. The Morgan fingerprint density at radius 2 is 2.00 bits per heavy atom. The minimum atomic E-state index is 0.270. The highest BCUT2D eigenvalue weighted by Crippen LogP contribution is 2.44. The van der Waals surface area contributed by atoms with Crippen molar-refractivity contribution >= 4 is 0 Å². The molecule has 0 amide bonds. The van der Waals surface area contributed by atoms with E-state index in [-0.39, 0.29) is 5.54 Å².